The van der Waals surface area contributed by atoms with Crippen LogP contribution >= 0.6 is 11.8 Å². The van der Waals surface area contributed by atoms with Crippen molar-refractivity contribution in [3.05, 3.63) is 35.2 Å². The Labute approximate surface area is 152 Å². The molecule has 2 aromatic rings. The molecule has 0 saturated heterocycles. The number of nitrogens with zero attached hydrogens (tertiary/aromatic N) is 1. The lowest BCUT2D eigenvalue weighted by molar-refractivity contribution is -0.113. The maximum atomic E-state index is 12.3. The lowest BCUT2D eigenvalue weighted by atomic mass is 10.2. The van der Waals surface area contributed by atoms with Crippen LogP contribution in [0.4, 0.5) is 5.69 Å². The van der Waals surface area contributed by atoms with E-state index in [4.69, 9.17) is 14.0 Å². The molecule has 1 aromatic carbocycles. The lowest BCUT2D eigenvalue weighted by Crippen LogP contribution is -2.15. The zero-order valence-corrected chi connectivity index (χ0v) is 15.9. The third kappa shape index (κ3) is 5.42. The van der Waals surface area contributed by atoms with Crippen molar-refractivity contribution in [1.29, 1.82) is 0 Å². The van der Waals surface area contributed by atoms with E-state index >= 15 is 0 Å². The van der Waals surface area contributed by atoms with Gasteiger partial charge in [-0.25, -0.2) is 0 Å². The Morgan fingerprint density at radius 1 is 1.24 bits per heavy atom. The van der Waals surface area contributed by atoms with Crippen LogP contribution in [-0.2, 0) is 10.5 Å². The van der Waals surface area contributed by atoms with E-state index in [1.807, 2.05) is 33.8 Å². The number of carbonyl (C=O) groups excluding carboxylic acids is 1. The van der Waals surface area contributed by atoms with Crippen molar-refractivity contribution in [2.75, 3.05) is 24.3 Å². The van der Waals surface area contributed by atoms with Crippen LogP contribution in [0.1, 0.15) is 30.9 Å². The third-order valence-corrected chi connectivity index (χ3v) is 4.46. The van der Waals surface area contributed by atoms with Gasteiger partial charge >= 0.3 is 0 Å². The van der Waals surface area contributed by atoms with E-state index in [0.29, 0.717) is 41.9 Å². The van der Waals surface area contributed by atoms with Crippen LogP contribution in [-0.4, -0.2) is 30.0 Å². The van der Waals surface area contributed by atoms with Crippen molar-refractivity contribution in [1.82, 2.24) is 5.16 Å². The van der Waals surface area contributed by atoms with Gasteiger partial charge in [-0.05, 0) is 39.8 Å². The van der Waals surface area contributed by atoms with E-state index < -0.39 is 0 Å². The molecule has 6 nitrogen and oxygen atoms in total. The van der Waals surface area contributed by atoms with Gasteiger partial charge in [0.15, 0.2) is 0 Å². The van der Waals surface area contributed by atoms with E-state index in [2.05, 4.69) is 10.5 Å². The summed E-state index contributed by atoms with van der Waals surface area (Å²) in [5.41, 5.74) is 2.54. The predicted molar refractivity (Wildman–Crippen MR) is 99.5 cm³/mol. The van der Waals surface area contributed by atoms with Gasteiger partial charge in [-0.1, -0.05) is 5.16 Å². The summed E-state index contributed by atoms with van der Waals surface area (Å²) in [6.07, 6.45) is 0. The molecule has 136 valence electrons. The summed E-state index contributed by atoms with van der Waals surface area (Å²) >= 11 is 1.52. The van der Waals surface area contributed by atoms with Crippen LogP contribution in [0.25, 0.3) is 0 Å². The summed E-state index contributed by atoms with van der Waals surface area (Å²) in [6, 6.07) is 5.42. The molecule has 0 aliphatic rings. The number of nitrogens with one attached hydrogen (secondary N) is 1. The molecule has 2 rings (SSSR count). The van der Waals surface area contributed by atoms with Gasteiger partial charge < -0.3 is 19.3 Å². The van der Waals surface area contributed by atoms with Crippen LogP contribution in [0.3, 0.4) is 0 Å². The summed E-state index contributed by atoms with van der Waals surface area (Å²) in [4.78, 5) is 12.3. The highest BCUT2D eigenvalue weighted by atomic mass is 32.2. The van der Waals surface area contributed by atoms with Crippen molar-refractivity contribution in [3.63, 3.8) is 0 Å². The number of rotatable bonds is 9. The molecule has 0 aliphatic heterocycles. The van der Waals surface area contributed by atoms with Crippen LogP contribution in [0, 0.1) is 13.8 Å². The highest BCUT2D eigenvalue weighted by molar-refractivity contribution is 7.99. The first-order chi connectivity index (χ1) is 12.0. The maximum Gasteiger partial charge on any atom is 0.234 e. The molecular weight excluding hydrogens is 340 g/mol. The zero-order chi connectivity index (χ0) is 18.2. The van der Waals surface area contributed by atoms with Crippen LogP contribution in [0.5, 0.6) is 11.5 Å². The second-order valence-corrected chi connectivity index (χ2v) is 6.35. The predicted octanol–water partition coefficient (Wildman–Crippen LogP) is 3.96. The molecule has 0 fully saturated rings. The minimum Gasteiger partial charge on any atom is -0.494 e. The number of hydrogen-bond donors (Lipinski definition) is 1. The Morgan fingerprint density at radius 2 is 2.00 bits per heavy atom. The number of thioether (sulfide) groups is 1. The van der Waals surface area contributed by atoms with E-state index in [-0.39, 0.29) is 5.91 Å². The van der Waals surface area contributed by atoms with Crippen molar-refractivity contribution >= 4 is 23.4 Å². The zero-order valence-electron chi connectivity index (χ0n) is 15.0. The number of anilines is 1. The molecule has 1 amide bonds. The quantitative estimate of drug-likeness (QED) is 0.726. The molecule has 0 radical (unpaired) electrons. The molecular formula is C18H24N2O4S. The van der Waals surface area contributed by atoms with Gasteiger partial charge in [0, 0.05) is 17.4 Å². The molecule has 1 N–H and O–H groups in total. The largest absolute Gasteiger partial charge is 0.494 e. The number of benzene rings is 1. The molecule has 0 bridgehead atoms. The van der Waals surface area contributed by atoms with E-state index in [1.54, 1.807) is 12.1 Å². The molecule has 0 saturated carbocycles. The standard InChI is InChI=1S/C18H24N2O4S/c1-5-22-14-7-8-17(23-6-2)16(9-14)19-18(21)11-25-10-15-12(3)20-24-13(15)4/h7-9H,5-6,10-11H2,1-4H3,(H,19,21). The van der Waals surface area contributed by atoms with Gasteiger partial charge in [0.2, 0.25) is 5.91 Å². The summed E-state index contributed by atoms with van der Waals surface area (Å²) in [5.74, 6) is 3.06. The highest BCUT2D eigenvalue weighted by Gasteiger charge is 2.12. The second-order valence-electron chi connectivity index (χ2n) is 5.37. The summed E-state index contributed by atoms with van der Waals surface area (Å²) in [6.45, 7) is 8.69. The average Bonchev–Trinajstić information content (AvgIpc) is 2.89. The van der Waals surface area contributed by atoms with Gasteiger partial charge in [-0.2, -0.15) is 0 Å². The van der Waals surface area contributed by atoms with Crippen molar-refractivity contribution in [2.45, 2.75) is 33.4 Å². The Balaban J connectivity index is 1.95. The highest BCUT2D eigenvalue weighted by Crippen LogP contribution is 2.30. The number of amides is 1. The Bertz CT molecular complexity index is 696. The SMILES string of the molecule is CCOc1ccc(OCC)c(NC(=O)CSCc2c(C)noc2C)c1. The van der Waals surface area contributed by atoms with Crippen LogP contribution < -0.4 is 14.8 Å². The third-order valence-electron chi connectivity index (χ3n) is 3.50. The Morgan fingerprint density at radius 3 is 2.64 bits per heavy atom. The lowest BCUT2D eigenvalue weighted by Gasteiger charge is -2.13. The van der Waals surface area contributed by atoms with Crippen LogP contribution in [0.2, 0.25) is 0 Å². The number of carbonyl (C=O) groups is 1. The van der Waals surface area contributed by atoms with Gasteiger partial charge in [-0.15, -0.1) is 11.8 Å². The number of aromatic nitrogens is 1. The molecule has 0 atom stereocenters. The summed E-state index contributed by atoms with van der Waals surface area (Å²) < 4.78 is 16.2. The number of hydrogen-bond acceptors (Lipinski definition) is 6. The second kappa shape index (κ2) is 9.36. The minimum absolute atomic E-state index is 0.0913. The molecule has 0 spiro atoms. The normalized spacial score (nSPS) is 10.6. The smallest absolute Gasteiger partial charge is 0.234 e. The van der Waals surface area contributed by atoms with Crippen molar-refractivity contribution < 1.29 is 18.8 Å². The molecule has 25 heavy (non-hydrogen) atoms. The number of aryl methyl sites for hydroxylation is 2. The fraction of sp³-hybridized carbons (Fsp3) is 0.444. The molecule has 0 aliphatic carbocycles. The van der Waals surface area contributed by atoms with Gasteiger partial charge in [0.25, 0.3) is 0 Å². The Hall–Kier alpha value is -2.15. The monoisotopic (exact) mass is 364 g/mol. The van der Waals surface area contributed by atoms with E-state index in [1.165, 1.54) is 11.8 Å². The van der Waals surface area contributed by atoms with Crippen molar-refractivity contribution in [2.24, 2.45) is 0 Å². The first kappa shape index (κ1) is 19.2. The van der Waals surface area contributed by atoms with Gasteiger partial charge in [0.05, 0.1) is 30.3 Å². The molecule has 1 heterocycles. The Kier molecular flexibility index (Phi) is 7.18. The maximum absolute atomic E-state index is 12.3. The van der Waals surface area contributed by atoms with E-state index in [9.17, 15) is 4.79 Å². The first-order valence-corrected chi connectivity index (χ1v) is 9.39. The summed E-state index contributed by atoms with van der Waals surface area (Å²) in [5, 5.41) is 6.82. The van der Waals surface area contributed by atoms with E-state index in [0.717, 1.165) is 17.0 Å². The molecule has 1 aromatic heterocycles. The van der Waals surface area contributed by atoms with Gasteiger partial charge in [0.1, 0.15) is 17.3 Å². The first-order valence-electron chi connectivity index (χ1n) is 8.24. The molecule has 7 heteroatoms. The summed E-state index contributed by atoms with van der Waals surface area (Å²) in [7, 11) is 0. The van der Waals surface area contributed by atoms with Crippen LogP contribution in [0.15, 0.2) is 22.7 Å². The topological polar surface area (TPSA) is 73.6 Å². The fourth-order valence-electron chi connectivity index (χ4n) is 2.28. The fourth-order valence-corrected chi connectivity index (χ4v) is 3.26. The molecule has 0 unspecified atom stereocenters. The van der Waals surface area contributed by atoms with Crippen molar-refractivity contribution in [3.8, 4) is 11.5 Å². The minimum atomic E-state index is -0.0913. The van der Waals surface area contributed by atoms with Gasteiger partial charge in [-0.3, -0.25) is 4.79 Å². The average molecular weight is 364 g/mol. The number of ether oxygens (including phenoxy) is 2.